The van der Waals surface area contributed by atoms with Crippen molar-refractivity contribution >= 4 is 17.6 Å². The summed E-state index contributed by atoms with van der Waals surface area (Å²) < 4.78 is 5.35. The van der Waals surface area contributed by atoms with Gasteiger partial charge >= 0.3 is 5.97 Å². The zero-order chi connectivity index (χ0) is 18.4. The normalized spacial score (nSPS) is 14.3. The van der Waals surface area contributed by atoms with E-state index in [2.05, 4.69) is 54.6 Å². The van der Waals surface area contributed by atoms with Gasteiger partial charge in [0.15, 0.2) is 0 Å². The summed E-state index contributed by atoms with van der Waals surface area (Å²) in [6, 6.07) is 17.4. The number of fused-ring (bicyclic) bond motifs is 1. The fraction of sp³-hybridized carbons (Fsp3) is 0.375. The van der Waals surface area contributed by atoms with Crippen molar-refractivity contribution in [2.75, 3.05) is 6.61 Å². The van der Waals surface area contributed by atoms with Crippen LogP contribution in [0.3, 0.4) is 0 Å². The zero-order valence-electron chi connectivity index (χ0n) is 15.8. The lowest BCUT2D eigenvalue weighted by atomic mass is 9.87. The Hall–Kier alpha value is -2.35. The topological polar surface area (TPSA) is 26.3 Å². The maximum absolute atomic E-state index is 11.7. The summed E-state index contributed by atoms with van der Waals surface area (Å²) >= 11 is 0. The van der Waals surface area contributed by atoms with Crippen molar-refractivity contribution in [1.82, 2.24) is 0 Å². The number of carbonyl (C=O) groups excluding carboxylic acids is 1. The highest BCUT2D eigenvalue weighted by Gasteiger charge is 2.13. The molecule has 2 heteroatoms. The first kappa shape index (κ1) is 18.4. The Kier molecular flexibility index (Phi) is 6.27. The minimum atomic E-state index is -0.0756. The van der Waals surface area contributed by atoms with Gasteiger partial charge in [0.1, 0.15) is 0 Å². The summed E-state index contributed by atoms with van der Waals surface area (Å²) in [6.07, 6.45) is 7.18. The summed E-state index contributed by atoms with van der Waals surface area (Å²) in [5.74, 6) is -0.0753. The summed E-state index contributed by atoms with van der Waals surface area (Å²) in [4.78, 5) is 11.7. The Morgan fingerprint density at radius 3 is 2.69 bits per heavy atom. The fourth-order valence-electron chi connectivity index (χ4n) is 3.33. The minimum Gasteiger partial charge on any atom is -0.465 e. The van der Waals surface area contributed by atoms with Crippen LogP contribution in [-0.4, -0.2) is 12.6 Å². The molecule has 136 valence electrons. The minimum absolute atomic E-state index is 0.000268. The van der Waals surface area contributed by atoms with Gasteiger partial charge in [-0.25, -0.2) is 0 Å². The molecule has 3 rings (SSSR count). The number of aryl methyl sites for hydroxylation is 2. The second-order valence-electron chi connectivity index (χ2n) is 7.15. The number of ether oxygens (including phenoxy) is 1. The Morgan fingerprint density at radius 2 is 1.92 bits per heavy atom. The first-order valence-corrected chi connectivity index (χ1v) is 9.72. The predicted molar refractivity (Wildman–Crippen MR) is 108 cm³/mol. The van der Waals surface area contributed by atoms with Crippen LogP contribution in [0.1, 0.15) is 55.4 Å². The lowest BCUT2D eigenvalue weighted by molar-refractivity contribution is -0.148. The van der Waals surface area contributed by atoms with Gasteiger partial charge in [-0.1, -0.05) is 68.5 Å². The number of hydrogen-bond acceptors (Lipinski definition) is 2. The smallest absolute Gasteiger partial charge is 0.308 e. The largest absolute Gasteiger partial charge is 0.465 e. The molecule has 0 N–H and O–H groups in total. The van der Waals surface area contributed by atoms with Crippen LogP contribution in [0.15, 0.2) is 48.5 Å². The molecule has 1 atom stereocenters. The van der Waals surface area contributed by atoms with Crippen molar-refractivity contribution in [1.29, 1.82) is 0 Å². The standard InChI is InChI=1S/C24H28O2/c1-3-18(2)24(25)26-15-7-8-19-11-12-21-13-14-22(17-23(21)16-19)20-9-5-4-6-10-20/h4-6,9-12,16-18H,3,7-8,13-15H2,1-2H3. The second kappa shape index (κ2) is 8.84. The van der Waals surface area contributed by atoms with Gasteiger partial charge in [-0.05, 0) is 59.9 Å². The van der Waals surface area contributed by atoms with Gasteiger partial charge in [-0.15, -0.1) is 0 Å². The molecule has 0 amide bonds. The molecule has 2 aromatic rings. The number of esters is 1. The van der Waals surface area contributed by atoms with Gasteiger partial charge in [-0.3, -0.25) is 4.79 Å². The molecule has 1 aliphatic carbocycles. The van der Waals surface area contributed by atoms with Crippen LogP contribution in [0, 0.1) is 5.92 Å². The van der Waals surface area contributed by atoms with Gasteiger partial charge in [0.05, 0.1) is 12.5 Å². The van der Waals surface area contributed by atoms with Crippen molar-refractivity contribution in [2.24, 2.45) is 5.92 Å². The van der Waals surface area contributed by atoms with Crippen molar-refractivity contribution in [3.8, 4) is 0 Å². The van der Waals surface area contributed by atoms with E-state index in [1.165, 1.54) is 27.8 Å². The number of carbonyl (C=O) groups is 1. The van der Waals surface area contributed by atoms with E-state index >= 15 is 0 Å². The molecule has 2 nitrogen and oxygen atoms in total. The van der Waals surface area contributed by atoms with E-state index in [0.717, 1.165) is 32.1 Å². The van der Waals surface area contributed by atoms with E-state index in [4.69, 9.17) is 4.74 Å². The van der Waals surface area contributed by atoms with E-state index in [1.807, 2.05) is 13.8 Å². The highest BCUT2D eigenvalue weighted by atomic mass is 16.5. The molecule has 0 fully saturated rings. The van der Waals surface area contributed by atoms with Crippen molar-refractivity contribution in [2.45, 2.75) is 46.0 Å². The summed E-state index contributed by atoms with van der Waals surface area (Å²) in [6.45, 7) is 4.43. The number of hydrogen-bond donors (Lipinski definition) is 0. The van der Waals surface area contributed by atoms with Crippen molar-refractivity contribution in [3.05, 3.63) is 70.8 Å². The maximum Gasteiger partial charge on any atom is 0.308 e. The molecule has 26 heavy (non-hydrogen) atoms. The zero-order valence-corrected chi connectivity index (χ0v) is 15.8. The lowest BCUT2D eigenvalue weighted by Crippen LogP contribution is -2.14. The molecule has 0 bridgehead atoms. The molecule has 2 aromatic carbocycles. The highest BCUT2D eigenvalue weighted by molar-refractivity contribution is 5.84. The summed E-state index contributed by atoms with van der Waals surface area (Å²) in [7, 11) is 0. The first-order valence-electron chi connectivity index (χ1n) is 9.72. The predicted octanol–water partition coefficient (Wildman–Crippen LogP) is 5.70. The van der Waals surface area contributed by atoms with Crippen molar-refractivity contribution < 1.29 is 9.53 Å². The Balaban J connectivity index is 1.61. The molecule has 1 unspecified atom stereocenters. The van der Waals surface area contributed by atoms with E-state index in [0.29, 0.717) is 6.61 Å². The number of allylic oxidation sites excluding steroid dienone is 1. The molecule has 0 heterocycles. The SMILES string of the molecule is CCC(C)C(=O)OCCCc1ccc2c(c1)C=C(c1ccccc1)CC2. The molecule has 0 saturated heterocycles. The molecule has 0 aromatic heterocycles. The summed E-state index contributed by atoms with van der Waals surface area (Å²) in [5, 5.41) is 0. The van der Waals surface area contributed by atoms with Crippen LogP contribution in [0.5, 0.6) is 0 Å². The molecular formula is C24H28O2. The molecule has 0 aliphatic heterocycles. The van der Waals surface area contributed by atoms with Gasteiger partial charge in [0.25, 0.3) is 0 Å². The number of benzene rings is 2. The van der Waals surface area contributed by atoms with Gasteiger partial charge < -0.3 is 4.74 Å². The van der Waals surface area contributed by atoms with Crippen molar-refractivity contribution in [3.63, 3.8) is 0 Å². The monoisotopic (exact) mass is 348 g/mol. The molecule has 1 aliphatic rings. The maximum atomic E-state index is 11.7. The third-order valence-corrected chi connectivity index (χ3v) is 5.22. The molecule has 0 radical (unpaired) electrons. The average molecular weight is 348 g/mol. The highest BCUT2D eigenvalue weighted by Crippen LogP contribution is 2.31. The Labute approximate surface area is 156 Å². The summed E-state index contributed by atoms with van der Waals surface area (Å²) in [5.41, 5.74) is 6.81. The first-order chi connectivity index (χ1) is 12.7. The second-order valence-corrected chi connectivity index (χ2v) is 7.15. The number of rotatable bonds is 7. The van der Waals surface area contributed by atoms with Crippen LogP contribution in [-0.2, 0) is 22.4 Å². The van der Waals surface area contributed by atoms with Gasteiger partial charge in [0.2, 0.25) is 0 Å². The Bertz CT molecular complexity index is 774. The van der Waals surface area contributed by atoms with Crippen LogP contribution in [0.2, 0.25) is 0 Å². The molecule has 0 spiro atoms. The lowest BCUT2D eigenvalue weighted by Gasteiger charge is -2.18. The fourth-order valence-corrected chi connectivity index (χ4v) is 3.33. The van der Waals surface area contributed by atoms with E-state index < -0.39 is 0 Å². The van der Waals surface area contributed by atoms with E-state index in [9.17, 15) is 4.79 Å². The average Bonchev–Trinajstić information content (AvgIpc) is 2.70. The Morgan fingerprint density at radius 1 is 1.12 bits per heavy atom. The van der Waals surface area contributed by atoms with Crippen LogP contribution in [0.25, 0.3) is 11.6 Å². The molecular weight excluding hydrogens is 320 g/mol. The molecule has 0 saturated carbocycles. The third-order valence-electron chi connectivity index (χ3n) is 5.22. The van der Waals surface area contributed by atoms with E-state index in [-0.39, 0.29) is 11.9 Å². The van der Waals surface area contributed by atoms with E-state index in [1.54, 1.807) is 0 Å². The van der Waals surface area contributed by atoms with Crippen LogP contribution < -0.4 is 0 Å². The van der Waals surface area contributed by atoms with Gasteiger partial charge in [0, 0.05) is 0 Å². The third kappa shape index (κ3) is 4.63. The van der Waals surface area contributed by atoms with Crippen LogP contribution >= 0.6 is 0 Å². The van der Waals surface area contributed by atoms with Gasteiger partial charge in [-0.2, -0.15) is 0 Å². The van der Waals surface area contributed by atoms with Crippen LogP contribution in [0.4, 0.5) is 0 Å². The quantitative estimate of drug-likeness (QED) is 0.474.